The topological polar surface area (TPSA) is 37.3 Å². The quantitative estimate of drug-likeness (QED) is 0.769. The molecule has 18 heavy (non-hydrogen) atoms. The molecular formula is C15H27O2Si. The molecule has 1 radical (unpaired) electrons. The molecule has 1 N–H and O–H groups in total. The molecule has 1 heterocycles. The number of carboxylic acid groups (broad SMARTS) is 1. The van der Waals surface area contributed by atoms with Crippen molar-refractivity contribution < 1.29 is 9.90 Å². The van der Waals surface area contributed by atoms with Gasteiger partial charge in [0, 0.05) is 8.80 Å². The minimum absolute atomic E-state index is 0.114. The maximum Gasteiger partial charge on any atom is 0.309 e. The molecular weight excluding hydrogens is 240 g/mol. The molecule has 0 bridgehead atoms. The van der Waals surface area contributed by atoms with Crippen molar-refractivity contribution in [3.05, 3.63) is 0 Å². The van der Waals surface area contributed by atoms with Gasteiger partial charge in [0.05, 0.1) is 5.41 Å². The zero-order valence-corrected chi connectivity index (χ0v) is 12.7. The maximum absolute atomic E-state index is 11.8. The fourth-order valence-corrected chi connectivity index (χ4v) is 7.13. The van der Waals surface area contributed by atoms with Crippen molar-refractivity contribution in [3.8, 4) is 0 Å². The van der Waals surface area contributed by atoms with E-state index in [9.17, 15) is 9.90 Å². The Kier molecular flexibility index (Phi) is 4.88. The first-order valence-corrected chi connectivity index (χ1v) is 9.88. The highest BCUT2D eigenvalue weighted by atomic mass is 28.3. The lowest BCUT2D eigenvalue weighted by atomic mass is 9.64. The summed E-state index contributed by atoms with van der Waals surface area (Å²) in [6, 6.07) is 4.19. The Bertz CT molecular complexity index is 276. The fourth-order valence-electron chi connectivity index (χ4n) is 4.16. The SMILES string of the molecule is CCC[Si]1CCC(C2(C(=O)O)CCCCC2)CC1. The van der Waals surface area contributed by atoms with E-state index in [1.54, 1.807) is 0 Å². The molecule has 0 aromatic heterocycles. The van der Waals surface area contributed by atoms with E-state index in [0.29, 0.717) is 5.92 Å². The van der Waals surface area contributed by atoms with Crippen LogP contribution in [-0.4, -0.2) is 19.9 Å². The summed E-state index contributed by atoms with van der Waals surface area (Å²) in [6.07, 6.45) is 9.15. The van der Waals surface area contributed by atoms with Crippen LogP contribution in [0.5, 0.6) is 0 Å². The Labute approximate surface area is 113 Å². The van der Waals surface area contributed by atoms with Crippen LogP contribution in [0.4, 0.5) is 0 Å². The molecule has 103 valence electrons. The average Bonchev–Trinajstić information content (AvgIpc) is 2.40. The second kappa shape index (κ2) is 6.22. The van der Waals surface area contributed by atoms with Crippen molar-refractivity contribution in [1.82, 2.24) is 0 Å². The fraction of sp³-hybridized carbons (Fsp3) is 0.933. The monoisotopic (exact) mass is 267 g/mol. The van der Waals surface area contributed by atoms with E-state index in [1.165, 1.54) is 43.8 Å². The highest BCUT2D eigenvalue weighted by Gasteiger charge is 2.47. The second-order valence-corrected chi connectivity index (χ2v) is 9.30. The van der Waals surface area contributed by atoms with Crippen LogP contribution in [0.25, 0.3) is 0 Å². The average molecular weight is 267 g/mol. The van der Waals surface area contributed by atoms with Gasteiger partial charge in [0.2, 0.25) is 0 Å². The summed E-state index contributed by atoms with van der Waals surface area (Å²) in [5.41, 5.74) is -0.335. The smallest absolute Gasteiger partial charge is 0.309 e. The van der Waals surface area contributed by atoms with E-state index >= 15 is 0 Å². The van der Waals surface area contributed by atoms with Gasteiger partial charge in [0.1, 0.15) is 0 Å². The van der Waals surface area contributed by atoms with Crippen molar-refractivity contribution in [2.45, 2.75) is 76.4 Å². The molecule has 0 spiro atoms. The minimum atomic E-state index is -0.488. The number of carbonyl (C=O) groups is 1. The number of hydrogen-bond acceptors (Lipinski definition) is 1. The first-order chi connectivity index (χ1) is 8.69. The molecule has 0 unspecified atom stereocenters. The summed E-state index contributed by atoms with van der Waals surface area (Å²) in [7, 11) is -0.114. The first-order valence-electron chi connectivity index (χ1n) is 7.76. The van der Waals surface area contributed by atoms with Crippen LogP contribution in [0.1, 0.15) is 58.3 Å². The third-order valence-corrected chi connectivity index (χ3v) is 8.45. The standard InChI is InChI=1S/C15H27O2Si/c1-2-10-18-11-6-13(7-12-18)15(14(16)17)8-4-3-5-9-15/h13H,2-12H2,1H3,(H,16,17). The summed E-state index contributed by atoms with van der Waals surface area (Å²) in [6.45, 7) is 2.28. The molecule has 3 heteroatoms. The first kappa shape index (κ1) is 14.1. The van der Waals surface area contributed by atoms with Gasteiger partial charge in [-0.3, -0.25) is 4.79 Å². The molecule has 1 saturated carbocycles. The van der Waals surface area contributed by atoms with Gasteiger partial charge in [-0.25, -0.2) is 0 Å². The van der Waals surface area contributed by atoms with Crippen LogP contribution in [0.2, 0.25) is 18.1 Å². The molecule has 1 aliphatic carbocycles. The zero-order chi connectivity index (χ0) is 13.0. The largest absolute Gasteiger partial charge is 0.481 e. The number of hydrogen-bond donors (Lipinski definition) is 1. The van der Waals surface area contributed by atoms with Crippen LogP contribution in [0.3, 0.4) is 0 Å². The van der Waals surface area contributed by atoms with Crippen molar-refractivity contribution in [1.29, 1.82) is 0 Å². The number of aliphatic carboxylic acids is 1. The lowest BCUT2D eigenvalue weighted by Gasteiger charge is -2.43. The van der Waals surface area contributed by atoms with E-state index < -0.39 is 5.97 Å². The molecule has 1 saturated heterocycles. The predicted octanol–water partition coefficient (Wildman–Crippen LogP) is 4.34. The summed E-state index contributed by atoms with van der Waals surface area (Å²) in [5, 5.41) is 9.72. The summed E-state index contributed by atoms with van der Waals surface area (Å²) < 4.78 is 0. The Morgan fingerprint density at radius 2 is 1.83 bits per heavy atom. The molecule has 2 rings (SSSR count). The number of rotatable bonds is 4. The number of carboxylic acids is 1. The highest BCUT2D eigenvalue weighted by molar-refractivity contribution is 6.58. The zero-order valence-electron chi connectivity index (χ0n) is 11.7. The molecule has 0 atom stereocenters. The molecule has 0 aromatic rings. The Balaban J connectivity index is 1.98. The summed E-state index contributed by atoms with van der Waals surface area (Å²) in [5.74, 6) is -0.000676. The van der Waals surface area contributed by atoms with E-state index in [1.807, 2.05) is 0 Å². The van der Waals surface area contributed by atoms with Crippen molar-refractivity contribution in [3.63, 3.8) is 0 Å². The molecule has 2 aliphatic rings. The van der Waals surface area contributed by atoms with E-state index in [0.717, 1.165) is 25.7 Å². The third kappa shape index (κ3) is 2.81. The Morgan fingerprint density at radius 1 is 1.22 bits per heavy atom. The van der Waals surface area contributed by atoms with Gasteiger partial charge in [0.25, 0.3) is 0 Å². The lowest BCUT2D eigenvalue weighted by Crippen LogP contribution is -2.42. The molecule has 0 amide bonds. The van der Waals surface area contributed by atoms with E-state index in [-0.39, 0.29) is 14.2 Å². The predicted molar refractivity (Wildman–Crippen MR) is 76.3 cm³/mol. The summed E-state index contributed by atoms with van der Waals surface area (Å²) >= 11 is 0. The molecule has 2 fully saturated rings. The van der Waals surface area contributed by atoms with Crippen LogP contribution in [0.15, 0.2) is 0 Å². The van der Waals surface area contributed by atoms with Crippen molar-refractivity contribution >= 4 is 14.8 Å². The lowest BCUT2D eigenvalue weighted by molar-refractivity contribution is -0.156. The van der Waals surface area contributed by atoms with Gasteiger partial charge in [-0.2, -0.15) is 0 Å². The van der Waals surface area contributed by atoms with Gasteiger partial charge in [-0.05, 0) is 18.8 Å². The maximum atomic E-state index is 11.8. The second-order valence-electron chi connectivity index (χ2n) is 6.30. The molecule has 2 nitrogen and oxygen atoms in total. The van der Waals surface area contributed by atoms with Crippen LogP contribution in [0, 0.1) is 11.3 Å². The summed E-state index contributed by atoms with van der Waals surface area (Å²) in [4.78, 5) is 11.8. The minimum Gasteiger partial charge on any atom is -0.481 e. The Hall–Kier alpha value is -0.313. The van der Waals surface area contributed by atoms with Crippen LogP contribution >= 0.6 is 0 Å². The van der Waals surface area contributed by atoms with Crippen molar-refractivity contribution in [2.24, 2.45) is 11.3 Å². The van der Waals surface area contributed by atoms with Gasteiger partial charge in [0.15, 0.2) is 0 Å². The van der Waals surface area contributed by atoms with Crippen molar-refractivity contribution in [2.75, 3.05) is 0 Å². The van der Waals surface area contributed by atoms with E-state index in [2.05, 4.69) is 6.92 Å². The van der Waals surface area contributed by atoms with Gasteiger partial charge >= 0.3 is 5.97 Å². The normalized spacial score (nSPS) is 26.1. The third-order valence-electron chi connectivity index (χ3n) is 5.25. The van der Waals surface area contributed by atoms with Gasteiger partial charge < -0.3 is 5.11 Å². The highest BCUT2D eigenvalue weighted by Crippen LogP contribution is 2.49. The Morgan fingerprint density at radius 3 is 2.33 bits per heavy atom. The van der Waals surface area contributed by atoms with Crippen LogP contribution < -0.4 is 0 Å². The molecule has 0 aromatic carbocycles. The van der Waals surface area contributed by atoms with Crippen LogP contribution in [-0.2, 0) is 4.79 Å². The van der Waals surface area contributed by atoms with E-state index in [4.69, 9.17) is 0 Å². The molecule has 1 aliphatic heterocycles. The van der Waals surface area contributed by atoms with Gasteiger partial charge in [-0.1, -0.05) is 63.6 Å². The van der Waals surface area contributed by atoms with Gasteiger partial charge in [-0.15, -0.1) is 0 Å².